The second kappa shape index (κ2) is 7.99. The maximum absolute atomic E-state index is 12.3. The molecule has 0 saturated carbocycles. The molecule has 2 aromatic rings. The molecule has 0 atom stereocenters. The molecule has 0 bridgehead atoms. The number of rotatable bonds is 4. The van der Waals surface area contributed by atoms with Gasteiger partial charge in [-0.2, -0.15) is 4.98 Å². The first-order valence-corrected chi connectivity index (χ1v) is 6.04. The number of alkyl halides is 3. The van der Waals surface area contributed by atoms with Gasteiger partial charge in [0.1, 0.15) is 6.54 Å². The van der Waals surface area contributed by atoms with Gasteiger partial charge in [0.25, 0.3) is 0 Å². The highest BCUT2D eigenvalue weighted by Gasteiger charge is 2.32. The summed E-state index contributed by atoms with van der Waals surface area (Å²) in [4.78, 5) is 7.80. The number of nitrogens with two attached hydrogens (primary N) is 1. The molecular weight excluding hydrogens is 430 g/mol. The quantitative estimate of drug-likeness (QED) is 0.429. The Balaban J connectivity index is 0.00000264. The fraction of sp³-hybridized carbons (Fsp3) is 0.250. The van der Waals surface area contributed by atoms with Crippen LogP contribution < -0.4 is 15.8 Å². The molecule has 1 aromatic heterocycles. The van der Waals surface area contributed by atoms with Crippen LogP contribution in [0.1, 0.15) is 11.7 Å². The van der Waals surface area contributed by atoms with E-state index in [0.29, 0.717) is 5.82 Å². The van der Waals surface area contributed by atoms with Crippen molar-refractivity contribution >= 4 is 35.6 Å². The number of aryl methyl sites for hydroxylation is 1. The molecule has 23 heavy (non-hydrogen) atoms. The van der Waals surface area contributed by atoms with E-state index in [9.17, 15) is 13.2 Å². The monoisotopic (exact) mass is 443 g/mol. The Morgan fingerprint density at radius 1 is 1.39 bits per heavy atom. The predicted octanol–water partition coefficient (Wildman–Crippen LogP) is 2.82. The molecule has 0 saturated heterocycles. The summed E-state index contributed by atoms with van der Waals surface area (Å²) in [5, 5.41) is 6.09. The van der Waals surface area contributed by atoms with E-state index in [4.69, 9.17) is 10.3 Å². The van der Waals surface area contributed by atoms with Gasteiger partial charge < -0.3 is 20.3 Å². The molecule has 0 fully saturated rings. The van der Waals surface area contributed by atoms with Crippen LogP contribution in [-0.2, 0) is 6.54 Å². The molecule has 7 nitrogen and oxygen atoms in total. The molecule has 0 amide bonds. The van der Waals surface area contributed by atoms with Gasteiger partial charge in [-0.05, 0) is 19.1 Å². The van der Waals surface area contributed by atoms with Gasteiger partial charge in [0.05, 0.1) is 5.69 Å². The highest BCUT2D eigenvalue weighted by molar-refractivity contribution is 14.0. The van der Waals surface area contributed by atoms with Crippen LogP contribution in [0, 0.1) is 6.92 Å². The largest absolute Gasteiger partial charge is 0.573 e. The predicted molar refractivity (Wildman–Crippen MR) is 86.5 cm³/mol. The second-order valence-corrected chi connectivity index (χ2v) is 4.11. The van der Waals surface area contributed by atoms with E-state index in [2.05, 4.69) is 25.2 Å². The van der Waals surface area contributed by atoms with Crippen LogP contribution in [0.3, 0.4) is 0 Å². The zero-order chi connectivity index (χ0) is 16.2. The zero-order valence-electron chi connectivity index (χ0n) is 11.8. The minimum atomic E-state index is -4.80. The Morgan fingerprint density at radius 3 is 2.70 bits per heavy atom. The van der Waals surface area contributed by atoms with E-state index in [0.717, 1.165) is 6.07 Å². The van der Waals surface area contributed by atoms with Crippen LogP contribution in [0.15, 0.2) is 33.8 Å². The topological polar surface area (TPSA) is 98.6 Å². The van der Waals surface area contributed by atoms with Crippen LogP contribution in [0.2, 0.25) is 0 Å². The van der Waals surface area contributed by atoms with Crippen LogP contribution in [-0.4, -0.2) is 22.5 Å². The van der Waals surface area contributed by atoms with Crippen molar-refractivity contribution < 1.29 is 22.4 Å². The lowest BCUT2D eigenvalue weighted by atomic mass is 10.3. The average molecular weight is 443 g/mol. The third-order valence-corrected chi connectivity index (χ3v) is 2.33. The Labute approximate surface area is 146 Å². The lowest BCUT2D eigenvalue weighted by Gasteiger charge is -2.13. The van der Waals surface area contributed by atoms with E-state index < -0.39 is 12.1 Å². The van der Waals surface area contributed by atoms with Crippen molar-refractivity contribution in [1.29, 1.82) is 0 Å². The number of hydrogen-bond donors (Lipinski definition) is 2. The summed E-state index contributed by atoms with van der Waals surface area (Å²) in [6.07, 6.45) is -4.80. The maximum atomic E-state index is 12.3. The molecule has 0 unspecified atom stereocenters. The van der Waals surface area contributed by atoms with Crippen LogP contribution in [0.25, 0.3) is 0 Å². The number of para-hydroxylation sites is 2. The molecule has 126 valence electrons. The summed E-state index contributed by atoms with van der Waals surface area (Å²) in [5.41, 5.74) is 5.64. The highest BCUT2D eigenvalue weighted by atomic mass is 127. The molecule has 0 aliphatic carbocycles. The number of ether oxygens (including phenoxy) is 1. The van der Waals surface area contributed by atoms with E-state index in [1.165, 1.54) is 18.2 Å². The summed E-state index contributed by atoms with van der Waals surface area (Å²) >= 11 is 0. The summed E-state index contributed by atoms with van der Waals surface area (Å²) in [5.74, 6) is 0.151. The van der Waals surface area contributed by atoms with Gasteiger partial charge in [0.2, 0.25) is 5.89 Å². The number of guanidine groups is 1. The van der Waals surface area contributed by atoms with Crippen LogP contribution >= 0.6 is 24.0 Å². The number of anilines is 1. The number of nitrogens with zero attached hydrogens (tertiary/aromatic N) is 3. The van der Waals surface area contributed by atoms with Crippen LogP contribution in [0.4, 0.5) is 18.9 Å². The number of halogens is 4. The molecule has 1 aromatic carbocycles. The van der Waals surface area contributed by atoms with Gasteiger partial charge in [-0.1, -0.05) is 17.3 Å². The van der Waals surface area contributed by atoms with E-state index in [1.54, 1.807) is 6.92 Å². The van der Waals surface area contributed by atoms with E-state index in [-0.39, 0.29) is 48.1 Å². The molecular formula is C12H13F3IN5O2. The number of benzene rings is 1. The Bertz CT molecular complexity index is 675. The normalized spacial score (nSPS) is 11.7. The van der Waals surface area contributed by atoms with Crippen LogP contribution in [0.5, 0.6) is 5.75 Å². The summed E-state index contributed by atoms with van der Waals surface area (Å²) in [7, 11) is 0. The summed E-state index contributed by atoms with van der Waals surface area (Å²) in [6.45, 7) is 1.64. The molecule has 0 radical (unpaired) electrons. The van der Waals surface area contributed by atoms with Crippen molar-refractivity contribution in [3.63, 3.8) is 0 Å². The fourth-order valence-electron chi connectivity index (χ4n) is 1.52. The SMILES string of the molecule is Cc1noc(CN=C(N)Nc2ccccc2OC(F)(F)F)n1.I. The Kier molecular flexibility index (Phi) is 6.60. The first-order chi connectivity index (χ1) is 10.3. The molecule has 2 rings (SSSR count). The molecule has 11 heteroatoms. The van der Waals surface area contributed by atoms with Crippen molar-refractivity contribution in [2.75, 3.05) is 5.32 Å². The molecule has 1 heterocycles. The maximum Gasteiger partial charge on any atom is 0.573 e. The van der Waals surface area contributed by atoms with E-state index in [1.807, 2.05) is 0 Å². The van der Waals surface area contributed by atoms with Gasteiger partial charge in [-0.25, -0.2) is 4.99 Å². The lowest BCUT2D eigenvalue weighted by Crippen LogP contribution is -2.24. The van der Waals surface area contributed by atoms with Gasteiger partial charge >= 0.3 is 6.36 Å². The first-order valence-electron chi connectivity index (χ1n) is 6.04. The molecule has 3 N–H and O–H groups in total. The third kappa shape index (κ3) is 6.30. The molecule has 0 aliphatic heterocycles. The summed E-state index contributed by atoms with van der Waals surface area (Å²) < 4.78 is 45.6. The van der Waals surface area contributed by atoms with Crippen molar-refractivity contribution in [3.05, 3.63) is 36.0 Å². The van der Waals surface area contributed by atoms with Gasteiger partial charge in [-0.3, -0.25) is 0 Å². The minimum Gasteiger partial charge on any atom is -0.404 e. The first kappa shape index (κ1) is 19.0. The lowest BCUT2D eigenvalue weighted by molar-refractivity contribution is -0.274. The van der Waals surface area contributed by atoms with Crippen molar-refractivity contribution in [3.8, 4) is 5.75 Å². The fourth-order valence-corrected chi connectivity index (χ4v) is 1.52. The molecule has 0 spiro atoms. The standard InChI is InChI=1S/C12H12F3N5O2.HI/c1-7-18-10(22-20-7)6-17-11(16)19-8-4-2-3-5-9(8)21-12(13,14)15;/h2-5H,6H2,1H3,(H3,16,17,19);1H. The van der Waals surface area contributed by atoms with Crippen molar-refractivity contribution in [2.24, 2.45) is 10.7 Å². The number of aromatic nitrogens is 2. The minimum absolute atomic E-state index is 0. The zero-order valence-corrected chi connectivity index (χ0v) is 14.1. The van der Waals surface area contributed by atoms with Gasteiger partial charge in [0, 0.05) is 0 Å². The van der Waals surface area contributed by atoms with Crippen molar-refractivity contribution in [1.82, 2.24) is 10.1 Å². The average Bonchev–Trinajstić information content (AvgIpc) is 2.83. The number of hydrogen-bond acceptors (Lipinski definition) is 5. The summed E-state index contributed by atoms with van der Waals surface area (Å²) in [6, 6.07) is 5.46. The third-order valence-electron chi connectivity index (χ3n) is 2.33. The smallest absolute Gasteiger partial charge is 0.404 e. The van der Waals surface area contributed by atoms with E-state index >= 15 is 0 Å². The second-order valence-electron chi connectivity index (χ2n) is 4.11. The molecule has 0 aliphatic rings. The highest BCUT2D eigenvalue weighted by Crippen LogP contribution is 2.29. The van der Waals surface area contributed by atoms with Crippen molar-refractivity contribution in [2.45, 2.75) is 19.8 Å². The number of nitrogens with one attached hydrogen (secondary N) is 1. The van der Waals surface area contributed by atoms with Gasteiger partial charge in [0.15, 0.2) is 17.5 Å². The number of aliphatic imine (C=N–C) groups is 1. The Hall–Kier alpha value is -2.05. The Morgan fingerprint density at radius 2 is 2.09 bits per heavy atom. The van der Waals surface area contributed by atoms with Gasteiger partial charge in [-0.15, -0.1) is 37.1 Å².